The maximum Gasteiger partial charge on any atom is -0.0201 e. The normalized spacial score (nSPS) is 69.3. The number of rotatable bonds is 1. The number of hydrogen-bond donors (Lipinski definition) is 0. The van der Waals surface area contributed by atoms with Crippen LogP contribution in [0.3, 0.4) is 0 Å². The van der Waals surface area contributed by atoms with Crippen molar-refractivity contribution in [3.8, 4) is 0 Å². The molecule has 0 heteroatoms. The van der Waals surface area contributed by atoms with Gasteiger partial charge >= 0.3 is 0 Å². The van der Waals surface area contributed by atoms with Crippen molar-refractivity contribution in [2.45, 2.75) is 34.1 Å². The lowest BCUT2D eigenvalue weighted by Crippen LogP contribution is -2.05. The van der Waals surface area contributed by atoms with Crippen molar-refractivity contribution in [3.05, 3.63) is 0 Å². The molecule has 0 heterocycles. The van der Waals surface area contributed by atoms with Crippen molar-refractivity contribution in [1.29, 1.82) is 0 Å². The van der Waals surface area contributed by atoms with Crippen LogP contribution in [-0.2, 0) is 0 Å². The summed E-state index contributed by atoms with van der Waals surface area (Å²) in [5.74, 6) is 2.09. The lowest BCUT2D eigenvalue weighted by molar-refractivity contribution is 0.363. The largest absolute Gasteiger partial charge is 0.0651 e. The molecule has 2 fully saturated rings. The highest BCUT2D eigenvalue weighted by Gasteiger charge is 2.89. The third kappa shape index (κ3) is 0.300. The molecule has 0 aromatic heterocycles. The molecule has 0 aliphatic heterocycles. The van der Waals surface area contributed by atoms with E-state index in [-0.39, 0.29) is 0 Å². The molecule has 0 saturated heterocycles. The van der Waals surface area contributed by atoms with Crippen molar-refractivity contribution in [2.75, 3.05) is 0 Å². The average molecular weight is 124 g/mol. The Morgan fingerprint density at radius 1 is 1.22 bits per heavy atom. The van der Waals surface area contributed by atoms with Gasteiger partial charge in [-0.3, -0.25) is 0 Å². The highest BCUT2D eigenvalue weighted by Crippen LogP contribution is 2.93. The lowest BCUT2D eigenvalue weighted by atomic mass is 9.92. The van der Waals surface area contributed by atoms with E-state index in [0.29, 0.717) is 0 Å². The molecule has 2 rings (SSSR count). The molecular formula is C9H16. The molecule has 2 aliphatic rings. The molecule has 2 aliphatic carbocycles. The molecule has 52 valence electrons. The SMILES string of the molecule is CCC1C2(C)C(C)C12C. The maximum absolute atomic E-state index is 2.45. The number of fused-ring (bicyclic) bond motifs is 1. The highest BCUT2D eigenvalue weighted by atomic mass is 14.9. The molecule has 2 atom stereocenters. The quantitative estimate of drug-likeness (QED) is 0.504. The van der Waals surface area contributed by atoms with Crippen LogP contribution >= 0.6 is 0 Å². The Kier molecular flexibility index (Phi) is 0.695. The first-order valence-corrected chi connectivity index (χ1v) is 4.10. The van der Waals surface area contributed by atoms with Gasteiger partial charge in [0, 0.05) is 0 Å². The van der Waals surface area contributed by atoms with Crippen molar-refractivity contribution < 1.29 is 0 Å². The Hall–Kier alpha value is 0. The summed E-state index contributed by atoms with van der Waals surface area (Å²) in [7, 11) is 0. The van der Waals surface area contributed by atoms with Crippen LogP contribution in [0.2, 0.25) is 0 Å². The van der Waals surface area contributed by atoms with E-state index in [1.165, 1.54) is 6.42 Å². The van der Waals surface area contributed by atoms with Crippen LogP contribution in [0.15, 0.2) is 0 Å². The first kappa shape index (κ1) is 5.76. The standard InChI is InChI=1S/C9H16/c1-5-7-8(3)6(2)9(7,8)4/h6-7H,5H2,1-4H3. The van der Waals surface area contributed by atoms with E-state index in [0.717, 1.165) is 22.7 Å². The molecule has 0 radical (unpaired) electrons. The van der Waals surface area contributed by atoms with E-state index in [1.54, 1.807) is 0 Å². The van der Waals surface area contributed by atoms with Crippen molar-refractivity contribution in [2.24, 2.45) is 22.7 Å². The predicted molar refractivity (Wildman–Crippen MR) is 39.2 cm³/mol. The minimum atomic E-state index is 0.780. The van der Waals surface area contributed by atoms with Gasteiger partial charge in [0.05, 0.1) is 0 Å². The van der Waals surface area contributed by atoms with E-state index >= 15 is 0 Å². The van der Waals surface area contributed by atoms with Crippen LogP contribution in [0, 0.1) is 22.7 Å². The molecule has 0 amide bonds. The summed E-state index contributed by atoms with van der Waals surface area (Å²) >= 11 is 0. The van der Waals surface area contributed by atoms with E-state index < -0.39 is 0 Å². The fourth-order valence-corrected chi connectivity index (χ4v) is 3.45. The van der Waals surface area contributed by atoms with Crippen LogP contribution in [0.4, 0.5) is 0 Å². The van der Waals surface area contributed by atoms with E-state index in [4.69, 9.17) is 0 Å². The highest BCUT2D eigenvalue weighted by molar-refractivity contribution is 5.36. The third-order valence-corrected chi connectivity index (χ3v) is 4.65. The van der Waals surface area contributed by atoms with Gasteiger partial charge < -0.3 is 0 Å². The minimum absolute atomic E-state index is 0.780. The van der Waals surface area contributed by atoms with Crippen molar-refractivity contribution in [3.63, 3.8) is 0 Å². The second-order valence-corrected chi connectivity index (χ2v) is 4.25. The smallest absolute Gasteiger partial charge is 0.0201 e. The van der Waals surface area contributed by atoms with Gasteiger partial charge in [0.2, 0.25) is 0 Å². The molecule has 0 aromatic carbocycles. The maximum atomic E-state index is 2.45. The van der Waals surface area contributed by atoms with Crippen LogP contribution in [-0.4, -0.2) is 0 Å². The summed E-state index contributed by atoms with van der Waals surface area (Å²) in [5.41, 5.74) is 1.56. The first-order valence-electron chi connectivity index (χ1n) is 4.10. The molecule has 0 spiro atoms. The lowest BCUT2D eigenvalue weighted by Gasteiger charge is -2.12. The molecule has 0 aromatic rings. The Labute approximate surface area is 57.6 Å². The van der Waals surface area contributed by atoms with Crippen molar-refractivity contribution >= 4 is 0 Å². The summed E-state index contributed by atoms with van der Waals surface area (Å²) in [5, 5.41) is 0. The zero-order valence-electron chi connectivity index (χ0n) is 6.86. The minimum Gasteiger partial charge on any atom is -0.0651 e. The van der Waals surface area contributed by atoms with Gasteiger partial charge in [-0.05, 0) is 22.7 Å². The van der Waals surface area contributed by atoms with Crippen LogP contribution in [0.5, 0.6) is 0 Å². The fraction of sp³-hybridized carbons (Fsp3) is 1.00. The molecule has 0 bridgehead atoms. The van der Waals surface area contributed by atoms with Crippen molar-refractivity contribution in [1.82, 2.24) is 0 Å². The molecule has 0 nitrogen and oxygen atoms in total. The van der Waals surface area contributed by atoms with Gasteiger partial charge in [0.1, 0.15) is 0 Å². The van der Waals surface area contributed by atoms with Crippen LogP contribution in [0.1, 0.15) is 34.1 Å². The summed E-state index contributed by atoms with van der Waals surface area (Å²) in [6.07, 6.45) is 1.40. The Morgan fingerprint density at radius 2 is 1.67 bits per heavy atom. The summed E-state index contributed by atoms with van der Waals surface area (Å²) in [6.45, 7) is 9.61. The topological polar surface area (TPSA) is 0 Å². The number of hydrogen-bond acceptors (Lipinski definition) is 0. The van der Waals surface area contributed by atoms with Crippen LogP contribution < -0.4 is 0 Å². The van der Waals surface area contributed by atoms with Gasteiger partial charge in [-0.15, -0.1) is 0 Å². The second-order valence-electron chi connectivity index (χ2n) is 4.25. The molecule has 9 heavy (non-hydrogen) atoms. The predicted octanol–water partition coefficient (Wildman–Crippen LogP) is 2.69. The van der Waals surface area contributed by atoms with Gasteiger partial charge in [-0.1, -0.05) is 34.1 Å². The van der Waals surface area contributed by atoms with Gasteiger partial charge in [-0.25, -0.2) is 0 Å². The average Bonchev–Trinajstić information content (AvgIpc) is 2.48. The van der Waals surface area contributed by atoms with Gasteiger partial charge in [0.15, 0.2) is 0 Å². The molecule has 0 N–H and O–H groups in total. The molecular weight excluding hydrogens is 108 g/mol. The van der Waals surface area contributed by atoms with Crippen LogP contribution in [0.25, 0.3) is 0 Å². The summed E-state index contributed by atoms with van der Waals surface area (Å²) in [6, 6.07) is 0. The van der Waals surface area contributed by atoms with E-state index in [2.05, 4.69) is 27.7 Å². The zero-order valence-corrected chi connectivity index (χ0v) is 6.86. The third-order valence-electron chi connectivity index (χ3n) is 4.65. The summed E-state index contributed by atoms with van der Waals surface area (Å²) in [4.78, 5) is 0. The zero-order chi connectivity index (χ0) is 6.86. The second kappa shape index (κ2) is 1.09. The van der Waals surface area contributed by atoms with Gasteiger partial charge in [0.25, 0.3) is 0 Å². The first-order chi connectivity index (χ1) is 4.10. The monoisotopic (exact) mass is 124 g/mol. The fourth-order valence-electron chi connectivity index (χ4n) is 3.45. The molecule has 2 saturated carbocycles. The Morgan fingerprint density at radius 3 is 1.78 bits per heavy atom. The Bertz CT molecular complexity index is 145. The van der Waals surface area contributed by atoms with E-state index in [9.17, 15) is 0 Å². The summed E-state index contributed by atoms with van der Waals surface area (Å²) < 4.78 is 0. The Balaban J connectivity index is 2.15. The molecule has 2 unspecified atom stereocenters. The van der Waals surface area contributed by atoms with E-state index in [1.807, 2.05) is 0 Å². The van der Waals surface area contributed by atoms with Gasteiger partial charge in [-0.2, -0.15) is 0 Å².